The molecule has 2 aromatic rings. The molecule has 3 heteroatoms. The van der Waals surface area contributed by atoms with E-state index in [4.69, 9.17) is 4.74 Å². The molecule has 0 saturated carbocycles. The summed E-state index contributed by atoms with van der Waals surface area (Å²) in [4.78, 5) is 11.9. The van der Waals surface area contributed by atoms with Crippen molar-refractivity contribution in [2.75, 3.05) is 6.54 Å². The Morgan fingerprint density at radius 1 is 0.933 bits per heavy atom. The lowest BCUT2D eigenvalue weighted by molar-refractivity contribution is 0.140. The molecule has 0 aliphatic rings. The van der Waals surface area contributed by atoms with Gasteiger partial charge in [-0.25, -0.2) is 4.79 Å². The second kappa shape index (κ2) is 11.5. The maximum Gasteiger partial charge on any atom is 0.407 e. The van der Waals surface area contributed by atoms with Crippen LogP contribution in [-0.2, 0) is 11.3 Å². The molecule has 2 rings (SSSR count). The van der Waals surface area contributed by atoms with Crippen LogP contribution in [0.4, 0.5) is 4.79 Å². The zero-order valence-corrected chi connectivity index (χ0v) is 19.2. The number of hydrogen-bond donors (Lipinski definition) is 1. The van der Waals surface area contributed by atoms with Crippen LogP contribution in [0.2, 0.25) is 0 Å². The Labute approximate surface area is 182 Å². The fourth-order valence-electron chi connectivity index (χ4n) is 3.25. The first-order valence-corrected chi connectivity index (χ1v) is 10.9. The summed E-state index contributed by atoms with van der Waals surface area (Å²) < 4.78 is 5.23. The number of hydrogen-bond acceptors (Lipinski definition) is 2. The first-order chi connectivity index (χ1) is 14.3. The smallest absolute Gasteiger partial charge is 0.407 e. The number of carbonyl (C=O) groups excluding carboxylic acids is 1. The van der Waals surface area contributed by atoms with E-state index in [-0.39, 0.29) is 6.61 Å². The Bertz CT molecular complexity index is 857. The van der Waals surface area contributed by atoms with E-state index in [2.05, 4.69) is 70.8 Å². The van der Waals surface area contributed by atoms with E-state index in [1.54, 1.807) is 0 Å². The number of alkyl carbamates (subject to hydrolysis) is 1. The van der Waals surface area contributed by atoms with Gasteiger partial charge < -0.3 is 10.1 Å². The summed E-state index contributed by atoms with van der Waals surface area (Å²) >= 11 is 0. The van der Waals surface area contributed by atoms with Crippen molar-refractivity contribution < 1.29 is 9.53 Å². The van der Waals surface area contributed by atoms with Crippen molar-refractivity contribution in [3.05, 3.63) is 70.3 Å². The molecule has 0 atom stereocenters. The van der Waals surface area contributed by atoms with E-state index in [9.17, 15) is 4.79 Å². The molecular weight excluding hydrogens is 370 g/mol. The van der Waals surface area contributed by atoms with Gasteiger partial charge in [0.1, 0.15) is 6.61 Å². The summed E-state index contributed by atoms with van der Waals surface area (Å²) in [6, 6.07) is 14.3. The molecule has 160 valence electrons. The number of ether oxygens (including phenoxy) is 1. The van der Waals surface area contributed by atoms with Crippen LogP contribution in [0.3, 0.4) is 0 Å². The van der Waals surface area contributed by atoms with Gasteiger partial charge in [0.05, 0.1) is 0 Å². The zero-order chi connectivity index (χ0) is 22.1. The molecule has 0 aliphatic carbocycles. The van der Waals surface area contributed by atoms with Crippen molar-refractivity contribution >= 4 is 6.09 Å². The van der Waals surface area contributed by atoms with Crippen molar-refractivity contribution in [2.45, 2.75) is 72.3 Å². The fraction of sp³-hybridized carbons (Fsp3) is 0.444. The third kappa shape index (κ3) is 6.95. The van der Waals surface area contributed by atoms with Crippen LogP contribution in [0.15, 0.2) is 42.5 Å². The standard InChI is InChI=1S/C27H35NO2/c1-19(2)23-16-25(20(3)4)24(26(17-23)21(5)6)14-10-11-15-28-27(29)30-18-22-12-8-7-9-13-22/h7-9,12-13,16-17,19-21H,11,15,18H2,1-6H3,(H,28,29). The van der Waals surface area contributed by atoms with Crippen LogP contribution >= 0.6 is 0 Å². The summed E-state index contributed by atoms with van der Waals surface area (Å²) in [7, 11) is 0. The summed E-state index contributed by atoms with van der Waals surface area (Å²) in [6.45, 7) is 14.1. The molecule has 0 spiro atoms. The molecule has 2 aromatic carbocycles. The van der Waals surface area contributed by atoms with Crippen molar-refractivity contribution in [2.24, 2.45) is 0 Å². The van der Waals surface area contributed by atoms with Crippen molar-refractivity contribution in [3.8, 4) is 11.8 Å². The summed E-state index contributed by atoms with van der Waals surface area (Å²) in [5.41, 5.74) is 6.12. The number of carbonyl (C=O) groups is 1. The SMILES string of the molecule is CC(C)c1cc(C(C)C)c(C#CCCNC(=O)OCc2ccccc2)c(C(C)C)c1. The maximum atomic E-state index is 11.9. The van der Waals surface area contributed by atoms with Gasteiger partial charge in [-0.1, -0.05) is 95.8 Å². The summed E-state index contributed by atoms with van der Waals surface area (Å²) in [5.74, 6) is 7.97. The lowest BCUT2D eigenvalue weighted by Gasteiger charge is -2.20. The monoisotopic (exact) mass is 405 g/mol. The second-order valence-electron chi connectivity index (χ2n) is 8.58. The third-order valence-electron chi connectivity index (χ3n) is 5.08. The number of benzene rings is 2. The lowest BCUT2D eigenvalue weighted by Crippen LogP contribution is -2.24. The molecular formula is C27H35NO2. The largest absolute Gasteiger partial charge is 0.445 e. The summed E-state index contributed by atoms with van der Waals surface area (Å²) in [6.07, 6.45) is 0.175. The highest BCUT2D eigenvalue weighted by Crippen LogP contribution is 2.31. The van der Waals surface area contributed by atoms with Gasteiger partial charge in [0.25, 0.3) is 0 Å². The average molecular weight is 406 g/mol. The van der Waals surface area contributed by atoms with Crippen LogP contribution in [0.5, 0.6) is 0 Å². The van der Waals surface area contributed by atoms with Gasteiger partial charge >= 0.3 is 6.09 Å². The molecule has 0 fully saturated rings. The highest BCUT2D eigenvalue weighted by Gasteiger charge is 2.15. The van der Waals surface area contributed by atoms with Crippen molar-refractivity contribution in [3.63, 3.8) is 0 Å². The minimum atomic E-state index is -0.410. The van der Waals surface area contributed by atoms with Gasteiger partial charge in [0.15, 0.2) is 0 Å². The van der Waals surface area contributed by atoms with E-state index >= 15 is 0 Å². The van der Waals surface area contributed by atoms with E-state index in [1.807, 2.05) is 30.3 Å². The van der Waals surface area contributed by atoms with Crippen molar-refractivity contribution in [1.82, 2.24) is 5.32 Å². The highest BCUT2D eigenvalue weighted by molar-refractivity contribution is 5.67. The molecule has 0 aromatic heterocycles. The molecule has 0 heterocycles. The van der Waals surface area contributed by atoms with Crippen LogP contribution in [-0.4, -0.2) is 12.6 Å². The molecule has 1 amide bonds. The Morgan fingerprint density at radius 3 is 2.07 bits per heavy atom. The summed E-state index contributed by atoms with van der Waals surface area (Å²) in [5, 5.41) is 2.77. The molecule has 0 unspecified atom stereocenters. The Morgan fingerprint density at radius 2 is 1.53 bits per heavy atom. The Kier molecular flexibility index (Phi) is 8.99. The van der Waals surface area contributed by atoms with Crippen LogP contribution < -0.4 is 5.32 Å². The Balaban J connectivity index is 2.00. The van der Waals surface area contributed by atoms with Crippen LogP contribution in [0.1, 0.15) is 93.5 Å². The van der Waals surface area contributed by atoms with Gasteiger partial charge in [-0.05, 0) is 40.0 Å². The van der Waals surface area contributed by atoms with Crippen LogP contribution in [0.25, 0.3) is 0 Å². The van der Waals surface area contributed by atoms with Gasteiger partial charge in [0.2, 0.25) is 0 Å². The number of rotatable bonds is 7. The van der Waals surface area contributed by atoms with Crippen molar-refractivity contribution in [1.29, 1.82) is 0 Å². The molecule has 30 heavy (non-hydrogen) atoms. The fourth-order valence-corrected chi connectivity index (χ4v) is 3.25. The highest BCUT2D eigenvalue weighted by atomic mass is 16.5. The van der Waals surface area contributed by atoms with Gasteiger partial charge in [0, 0.05) is 18.5 Å². The van der Waals surface area contributed by atoms with E-state index < -0.39 is 6.09 Å². The topological polar surface area (TPSA) is 38.3 Å². The van der Waals surface area contributed by atoms with Gasteiger partial charge in [-0.3, -0.25) is 0 Å². The first kappa shape index (κ1) is 23.5. The predicted molar refractivity (Wildman–Crippen MR) is 125 cm³/mol. The van der Waals surface area contributed by atoms with E-state index in [0.29, 0.717) is 30.7 Å². The first-order valence-electron chi connectivity index (χ1n) is 10.9. The minimum Gasteiger partial charge on any atom is -0.445 e. The van der Waals surface area contributed by atoms with Gasteiger partial charge in [-0.15, -0.1) is 0 Å². The molecule has 1 N–H and O–H groups in total. The molecule has 0 aliphatic heterocycles. The lowest BCUT2D eigenvalue weighted by atomic mass is 9.84. The van der Waals surface area contributed by atoms with E-state index in [0.717, 1.165) is 11.1 Å². The molecule has 3 nitrogen and oxygen atoms in total. The number of amides is 1. The zero-order valence-electron chi connectivity index (χ0n) is 19.2. The quantitative estimate of drug-likeness (QED) is 0.410. The maximum absolute atomic E-state index is 11.9. The van der Waals surface area contributed by atoms with Crippen LogP contribution in [0, 0.1) is 11.8 Å². The average Bonchev–Trinajstić information content (AvgIpc) is 2.72. The van der Waals surface area contributed by atoms with Gasteiger partial charge in [-0.2, -0.15) is 0 Å². The van der Waals surface area contributed by atoms with E-state index in [1.165, 1.54) is 16.7 Å². The molecule has 0 radical (unpaired) electrons. The number of nitrogens with one attached hydrogen (secondary N) is 1. The predicted octanol–water partition coefficient (Wildman–Crippen LogP) is 6.72. The third-order valence-corrected chi connectivity index (χ3v) is 5.08. The molecule has 0 bridgehead atoms. The minimum absolute atomic E-state index is 0.274. The Hall–Kier alpha value is -2.73. The molecule has 0 saturated heterocycles. The normalized spacial score (nSPS) is 10.8. The second-order valence-corrected chi connectivity index (χ2v) is 8.58.